The highest BCUT2D eigenvalue weighted by molar-refractivity contribution is 6.06. The van der Waals surface area contributed by atoms with E-state index in [1.165, 1.54) is 4.90 Å². The van der Waals surface area contributed by atoms with Crippen molar-refractivity contribution in [2.45, 2.75) is 26.4 Å². The first-order valence-corrected chi connectivity index (χ1v) is 14.7. The van der Waals surface area contributed by atoms with E-state index in [1.807, 2.05) is 61.5 Å². The van der Waals surface area contributed by atoms with Crippen LogP contribution in [0.2, 0.25) is 0 Å². The average molecular weight is 614 g/mol. The molecule has 12 heteroatoms. The van der Waals surface area contributed by atoms with Crippen LogP contribution in [0.25, 0.3) is 11.3 Å². The van der Waals surface area contributed by atoms with E-state index in [0.29, 0.717) is 42.5 Å². The van der Waals surface area contributed by atoms with E-state index < -0.39 is 6.03 Å². The quantitative estimate of drug-likeness (QED) is 0.171. The second kappa shape index (κ2) is 13.7. The standard InChI is InChI=1S/C34H31N9O3/c1-22-4-9-27(17-29(22)41-33-38-15-11-28(40-33)25-3-2-13-35-19-25)39-32(45)24-7-5-23(6-8-24)18-37-20-26-10-14-36-21-30(26)43-16-12-31(44)42-34(43)46/h2-11,13-15,17,19,21,37H,12,16,18,20H2,1H3,(H,39,45)(H,38,40,41)(H,42,44,46). The summed E-state index contributed by atoms with van der Waals surface area (Å²) in [6.45, 7) is 3.31. The Kier molecular flexibility index (Phi) is 8.97. The summed E-state index contributed by atoms with van der Waals surface area (Å²) >= 11 is 0. The molecule has 0 atom stereocenters. The number of urea groups is 1. The van der Waals surface area contributed by atoms with Gasteiger partial charge >= 0.3 is 6.03 Å². The molecule has 0 unspecified atom stereocenters. The van der Waals surface area contributed by atoms with E-state index in [0.717, 1.165) is 33.6 Å². The number of hydrogen-bond donors (Lipinski definition) is 4. The van der Waals surface area contributed by atoms with Crippen LogP contribution in [0.5, 0.6) is 0 Å². The van der Waals surface area contributed by atoms with Crippen molar-refractivity contribution in [3.05, 3.63) is 120 Å². The lowest BCUT2D eigenvalue weighted by atomic mass is 10.1. The summed E-state index contributed by atoms with van der Waals surface area (Å²) in [5, 5.41) is 12.0. The Bertz CT molecular complexity index is 1880. The highest BCUT2D eigenvalue weighted by atomic mass is 16.2. The van der Waals surface area contributed by atoms with Gasteiger partial charge in [-0.3, -0.25) is 29.8 Å². The van der Waals surface area contributed by atoms with Crippen molar-refractivity contribution in [2.24, 2.45) is 0 Å². The number of nitrogens with zero attached hydrogens (tertiary/aromatic N) is 5. The van der Waals surface area contributed by atoms with Crippen molar-refractivity contribution in [1.29, 1.82) is 0 Å². The summed E-state index contributed by atoms with van der Waals surface area (Å²) in [7, 11) is 0. The lowest BCUT2D eigenvalue weighted by Crippen LogP contribution is -2.50. The number of aryl methyl sites for hydroxylation is 1. The van der Waals surface area contributed by atoms with Gasteiger partial charge in [-0.1, -0.05) is 18.2 Å². The van der Waals surface area contributed by atoms with Gasteiger partial charge in [-0.15, -0.1) is 0 Å². The molecule has 0 aliphatic carbocycles. The number of carbonyl (C=O) groups excluding carboxylic acids is 3. The van der Waals surface area contributed by atoms with Crippen LogP contribution in [-0.2, 0) is 17.9 Å². The highest BCUT2D eigenvalue weighted by Crippen LogP contribution is 2.25. The summed E-state index contributed by atoms with van der Waals surface area (Å²) in [5.74, 6) is -0.0774. The summed E-state index contributed by atoms with van der Waals surface area (Å²) in [5.41, 5.74) is 7.07. The van der Waals surface area contributed by atoms with Crippen molar-refractivity contribution in [1.82, 2.24) is 30.6 Å². The van der Waals surface area contributed by atoms with Gasteiger partial charge in [0.1, 0.15) is 0 Å². The molecule has 230 valence electrons. The van der Waals surface area contributed by atoms with Gasteiger partial charge in [0.25, 0.3) is 5.91 Å². The van der Waals surface area contributed by atoms with Gasteiger partial charge in [0, 0.05) is 73.3 Å². The van der Waals surface area contributed by atoms with Gasteiger partial charge in [0.2, 0.25) is 11.9 Å². The molecule has 1 aliphatic rings. The van der Waals surface area contributed by atoms with Crippen molar-refractivity contribution in [3.63, 3.8) is 0 Å². The number of aromatic nitrogens is 4. The third-order valence-corrected chi connectivity index (χ3v) is 7.45. The first-order chi connectivity index (χ1) is 22.4. The minimum Gasteiger partial charge on any atom is -0.324 e. The van der Waals surface area contributed by atoms with E-state index >= 15 is 0 Å². The Morgan fingerprint density at radius 2 is 1.78 bits per heavy atom. The van der Waals surface area contributed by atoms with Crippen molar-refractivity contribution in [3.8, 4) is 11.3 Å². The maximum Gasteiger partial charge on any atom is 0.328 e. The topological polar surface area (TPSA) is 154 Å². The van der Waals surface area contributed by atoms with Gasteiger partial charge in [0.15, 0.2) is 0 Å². The summed E-state index contributed by atoms with van der Waals surface area (Å²) in [4.78, 5) is 55.7. The van der Waals surface area contributed by atoms with Crippen molar-refractivity contribution in [2.75, 3.05) is 22.1 Å². The zero-order chi connectivity index (χ0) is 31.9. The smallest absolute Gasteiger partial charge is 0.324 e. The molecule has 46 heavy (non-hydrogen) atoms. The minimum absolute atomic E-state index is 0.233. The maximum atomic E-state index is 13.1. The predicted molar refractivity (Wildman–Crippen MR) is 174 cm³/mol. The van der Waals surface area contributed by atoms with Gasteiger partial charge in [-0.2, -0.15) is 0 Å². The second-order valence-electron chi connectivity index (χ2n) is 10.7. The number of pyridine rings is 2. The van der Waals surface area contributed by atoms with Crippen LogP contribution in [-0.4, -0.2) is 44.3 Å². The van der Waals surface area contributed by atoms with Gasteiger partial charge in [-0.25, -0.2) is 14.8 Å². The fourth-order valence-electron chi connectivity index (χ4n) is 4.97. The van der Waals surface area contributed by atoms with Crippen molar-refractivity contribution < 1.29 is 14.4 Å². The molecule has 0 bridgehead atoms. The fraction of sp³-hybridized carbons (Fsp3) is 0.147. The largest absolute Gasteiger partial charge is 0.328 e. The Morgan fingerprint density at radius 3 is 2.59 bits per heavy atom. The molecule has 1 saturated heterocycles. The molecule has 0 radical (unpaired) electrons. The SMILES string of the molecule is Cc1ccc(NC(=O)c2ccc(CNCc3ccncc3N3CCC(=O)NC3=O)cc2)cc1Nc1nccc(-c2cccnc2)n1. The Morgan fingerprint density at radius 1 is 0.935 bits per heavy atom. The maximum absolute atomic E-state index is 13.1. The molecule has 1 fully saturated rings. The Balaban J connectivity index is 1.05. The molecule has 5 aromatic rings. The number of hydrogen-bond acceptors (Lipinski definition) is 9. The number of imide groups is 1. The molecule has 4 amide bonds. The molecule has 4 N–H and O–H groups in total. The van der Waals surface area contributed by atoms with E-state index in [-0.39, 0.29) is 18.2 Å². The molecular weight excluding hydrogens is 582 g/mol. The molecule has 1 aliphatic heterocycles. The third-order valence-electron chi connectivity index (χ3n) is 7.45. The number of rotatable bonds is 10. The Labute approximate surface area is 265 Å². The number of anilines is 4. The van der Waals surface area contributed by atoms with Gasteiger partial charge < -0.3 is 16.0 Å². The van der Waals surface area contributed by atoms with Crippen LogP contribution in [0.1, 0.15) is 33.5 Å². The normalized spacial score (nSPS) is 12.8. The molecule has 12 nitrogen and oxygen atoms in total. The van der Waals surface area contributed by atoms with E-state index in [1.54, 1.807) is 43.1 Å². The highest BCUT2D eigenvalue weighted by Gasteiger charge is 2.26. The first-order valence-electron chi connectivity index (χ1n) is 14.7. The molecule has 0 saturated carbocycles. The molecule has 2 aromatic carbocycles. The van der Waals surface area contributed by atoms with Gasteiger partial charge in [0.05, 0.1) is 17.6 Å². The van der Waals surface area contributed by atoms with Gasteiger partial charge in [-0.05, 0) is 72.1 Å². The predicted octanol–water partition coefficient (Wildman–Crippen LogP) is 4.97. The van der Waals surface area contributed by atoms with E-state index in [9.17, 15) is 14.4 Å². The Hall–Kier alpha value is -6.01. The summed E-state index contributed by atoms with van der Waals surface area (Å²) in [6, 6.07) is 20.0. The molecule has 4 heterocycles. The average Bonchev–Trinajstić information content (AvgIpc) is 3.07. The minimum atomic E-state index is -0.446. The zero-order valence-electron chi connectivity index (χ0n) is 25.0. The summed E-state index contributed by atoms with van der Waals surface area (Å²) in [6.07, 6.45) is 8.69. The summed E-state index contributed by atoms with van der Waals surface area (Å²) < 4.78 is 0. The van der Waals surface area contributed by atoms with Crippen LogP contribution in [0.15, 0.2) is 97.7 Å². The number of benzene rings is 2. The van der Waals surface area contributed by atoms with Crippen LogP contribution < -0.4 is 26.2 Å². The second-order valence-corrected chi connectivity index (χ2v) is 10.7. The van der Waals surface area contributed by atoms with Crippen LogP contribution >= 0.6 is 0 Å². The lowest BCUT2D eigenvalue weighted by molar-refractivity contribution is -0.120. The van der Waals surface area contributed by atoms with Crippen LogP contribution in [0.4, 0.5) is 27.8 Å². The fourth-order valence-corrected chi connectivity index (χ4v) is 4.97. The van der Waals surface area contributed by atoms with Crippen LogP contribution in [0, 0.1) is 6.92 Å². The van der Waals surface area contributed by atoms with E-state index in [4.69, 9.17) is 0 Å². The number of amides is 4. The third kappa shape index (κ3) is 7.20. The van der Waals surface area contributed by atoms with E-state index in [2.05, 4.69) is 41.2 Å². The van der Waals surface area contributed by atoms with Crippen LogP contribution in [0.3, 0.4) is 0 Å². The zero-order valence-corrected chi connectivity index (χ0v) is 25.0. The number of carbonyl (C=O) groups is 3. The number of nitrogens with one attached hydrogen (secondary N) is 4. The first kappa shape index (κ1) is 30.0. The molecule has 6 rings (SSSR count). The molecular formula is C34H31N9O3. The molecule has 0 spiro atoms. The van der Waals surface area contributed by atoms with Crippen molar-refractivity contribution >= 4 is 40.9 Å². The molecule has 3 aromatic heterocycles. The lowest BCUT2D eigenvalue weighted by Gasteiger charge is -2.28. The monoisotopic (exact) mass is 613 g/mol.